The first-order valence-corrected chi connectivity index (χ1v) is 20.8. The lowest BCUT2D eigenvalue weighted by Crippen LogP contribution is -2.66. The van der Waals surface area contributed by atoms with Crippen LogP contribution < -0.4 is 5.73 Å². The summed E-state index contributed by atoms with van der Waals surface area (Å²) in [5.41, 5.74) is 5.00. The molecule has 3 aliphatic heterocycles. The maximum Gasteiger partial charge on any atom is 0.416 e. The second-order valence-electron chi connectivity index (χ2n) is 17.2. The molecule has 53 heavy (non-hydrogen) atoms. The van der Waals surface area contributed by atoms with Gasteiger partial charge in [0.2, 0.25) is 11.8 Å². The van der Waals surface area contributed by atoms with Crippen LogP contribution in [0.5, 0.6) is 0 Å². The first kappa shape index (κ1) is 38.6. The average Bonchev–Trinajstić information content (AvgIpc) is 3.62. The van der Waals surface area contributed by atoms with Crippen LogP contribution in [0.25, 0.3) is 0 Å². The van der Waals surface area contributed by atoms with Gasteiger partial charge in [-0.2, -0.15) is 0 Å². The molecule has 4 N–H and O–H groups in total. The molecule has 0 aromatic heterocycles. The van der Waals surface area contributed by atoms with Crippen molar-refractivity contribution in [1.29, 1.82) is 0 Å². The van der Waals surface area contributed by atoms with E-state index in [0.29, 0.717) is 51.4 Å². The highest BCUT2D eigenvalue weighted by Gasteiger charge is 2.79. The third-order valence-electron chi connectivity index (χ3n) is 14.5. The first-order valence-electron chi connectivity index (χ1n) is 20.8. The minimum atomic E-state index is -1.50. The van der Waals surface area contributed by atoms with Crippen LogP contribution in [0.15, 0.2) is 0 Å². The lowest BCUT2D eigenvalue weighted by Gasteiger charge is -2.54. The number of esters is 1. The van der Waals surface area contributed by atoms with Crippen LogP contribution in [-0.4, -0.2) is 107 Å². The Hall–Kier alpha value is -2.72. The van der Waals surface area contributed by atoms with Crippen LogP contribution in [0.3, 0.4) is 0 Å². The molecule has 0 aromatic carbocycles. The fraction of sp³-hybridized carbons (Fsp3) is 0.854. The maximum absolute atomic E-state index is 15.8. The van der Waals surface area contributed by atoms with E-state index >= 15 is 4.79 Å². The molecule has 3 unspecified atom stereocenters. The summed E-state index contributed by atoms with van der Waals surface area (Å²) in [4.78, 5) is 62.5. The van der Waals surface area contributed by atoms with Gasteiger partial charge in [-0.25, -0.2) is 9.69 Å². The average molecular weight is 740 g/mol. The number of amides is 3. The number of carbonyl (C=O) groups is 4. The number of hydrogen-bond acceptors (Lipinski definition) is 10. The number of fused-ring (bicyclic) bond motifs is 3. The predicted octanol–water partition coefficient (Wildman–Crippen LogP) is 3.93. The fourth-order valence-corrected chi connectivity index (χ4v) is 12.5. The molecule has 7 aliphatic rings. The van der Waals surface area contributed by atoms with Gasteiger partial charge < -0.3 is 30.2 Å². The summed E-state index contributed by atoms with van der Waals surface area (Å²) in [5, 5.41) is 20.2. The molecule has 0 bridgehead atoms. The number of nitrogens with two attached hydrogens (primary N) is 1. The summed E-state index contributed by atoms with van der Waals surface area (Å²) in [5.74, 6) is 3.20. The van der Waals surface area contributed by atoms with Gasteiger partial charge in [-0.1, -0.05) is 44.4 Å². The molecule has 294 valence electrons. The van der Waals surface area contributed by atoms with Crippen molar-refractivity contribution in [3.05, 3.63) is 0 Å². The number of nitrogens with zero attached hydrogens (tertiary/aromatic N) is 2. The molecule has 12 nitrogen and oxygen atoms in total. The van der Waals surface area contributed by atoms with Gasteiger partial charge in [-0.15, -0.1) is 5.92 Å². The third-order valence-corrected chi connectivity index (χ3v) is 14.5. The van der Waals surface area contributed by atoms with Gasteiger partial charge in [0.25, 0.3) is 0 Å². The van der Waals surface area contributed by atoms with Gasteiger partial charge >= 0.3 is 12.1 Å². The van der Waals surface area contributed by atoms with E-state index in [1.807, 2.05) is 0 Å². The van der Waals surface area contributed by atoms with Crippen LogP contribution in [-0.2, 0) is 28.6 Å². The Kier molecular flexibility index (Phi) is 12.0. The number of cyclic esters (lactones) is 1. The van der Waals surface area contributed by atoms with Crippen molar-refractivity contribution in [2.45, 2.75) is 152 Å². The number of aliphatic hydroxyl groups excluding tert-OH is 2. The van der Waals surface area contributed by atoms with E-state index in [-0.39, 0.29) is 55.6 Å². The van der Waals surface area contributed by atoms with Crippen molar-refractivity contribution < 1.29 is 43.6 Å². The highest BCUT2D eigenvalue weighted by molar-refractivity contribution is 6.04. The maximum atomic E-state index is 15.8. The summed E-state index contributed by atoms with van der Waals surface area (Å²) in [6.45, 7) is 0.0771. The number of morpholine rings is 1. The van der Waals surface area contributed by atoms with Crippen LogP contribution in [0, 0.1) is 52.8 Å². The SMILES string of the molecule is COCCOC(=O)N1C(=O)[C@@]2(C3CC(C#CCCO)CCC31)[C@H](C(N)=O)[C@H]1C(=O)O[C@H](C3CCCCC3)[C@H](C3CCCCC3)N1[C@@H]2C1CCC(O)CC1. The molecule has 0 aromatic rings. The van der Waals surface area contributed by atoms with Crippen molar-refractivity contribution in [1.82, 2.24) is 9.80 Å². The topological polar surface area (TPSA) is 169 Å². The van der Waals surface area contributed by atoms with Crippen molar-refractivity contribution in [3.63, 3.8) is 0 Å². The van der Waals surface area contributed by atoms with Gasteiger partial charge in [-0.3, -0.25) is 19.3 Å². The minimum Gasteiger partial charge on any atom is -0.459 e. The molecule has 7 fully saturated rings. The second kappa shape index (κ2) is 16.6. The molecule has 4 saturated carbocycles. The number of rotatable bonds is 8. The van der Waals surface area contributed by atoms with E-state index in [2.05, 4.69) is 16.7 Å². The highest BCUT2D eigenvalue weighted by Crippen LogP contribution is 2.65. The Morgan fingerprint density at radius 3 is 2.23 bits per heavy atom. The van der Waals surface area contributed by atoms with Crippen molar-refractivity contribution in [2.75, 3.05) is 26.9 Å². The van der Waals surface area contributed by atoms with Gasteiger partial charge in [-0.05, 0) is 94.3 Å². The summed E-state index contributed by atoms with van der Waals surface area (Å²) >= 11 is 0. The quantitative estimate of drug-likeness (QED) is 0.189. The lowest BCUT2D eigenvalue weighted by molar-refractivity contribution is -0.190. The molecule has 1 spiro atoms. The molecular weight excluding hydrogens is 678 g/mol. The summed E-state index contributed by atoms with van der Waals surface area (Å²) in [7, 11) is 1.51. The number of hydrogen-bond donors (Lipinski definition) is 3. The molecule has 12 heteroatoms. The van der Waals surface area contributed by atoms with Crippen molar-refractivity contribution >= 4 is 23.9 Å². The monoisotopic (exact) mass is 739 g/mol. The molecular formula is C41H61N3O9. The van der Waals surface area contributed by atoms with E-state index < -0.39 is 65.4 Å². The van der Waals surface area contributed by atoms with Crippen molar-refractivity contribution in [3.8, 4) is 11.8 Å². The van der Waals surface area contributed by atoms with Crippen LogP contribution >= 0.6 is 0 Å². The van der Waals surface area contributed by atoms with Crippen molar-refractivity contribution in [2.24, 2.45) is 46.7 Å². The Morgan fingerprint density at radius 2 is 1.58 bits per heavy atom. The lowest BCUT2D eigenvalue weighted by atomic mass is 9.56. The summed E-state index contributed by atoms with van der Waals surface area (Å²) in [6, 6.07) is -2.36. The molecule has 3 amide bonds. The van der Waals surface area contributed by atoms with E-state index in [1.165, 1.54) is 12.0 Å². The zero-order valence-electron chi connectivity index (χ0n) is 31.5. The zero-order valence-corrected chi connectivity index (χ0v) is 31.5. The van der Waals surface area contributed by atoms with E-state index in [9.17, 15) is 24.6 Å². The van der Waals surface area contributed by atoms with Gasteiger partial charge in [0.15, 0.2) is 0 Å². The largest absolute Gasteiger partial charge is 0.459 e. The smallest absolute Gasteiger partial charge is 0.416 e. The summed E-state index contributed by atoms with van der Waals surface area (Å²) in [6.07, 6.45) is 13.2. The number of imide groups is 1. The molecule has 0 radical (unpaired) electrons. The molecule has 7 rings (SSSR count). The van der Waals surface area contributed by atoms with Gasteiger partial charge in [0.05, 0.1) is 36.7 Å². The highest BCUT2D eigenvalue weighted by atomic mass is 16.6. The number of ether oxygens (including phenoxy) is 3. The predicted molar refractivity (Wildman–Crippen MR) is 193 cm³/mol. The minimum absolute atomic E-state index is 0.0319. The number of carbonyl (C=O) groups excluding carboxylic acids is 4. The van der Waals surface area contributed by atoms with E-state index in [0.717, 1.165) is 64.2 Å². The first-order chi connectivity index (χ1) is 25.7. The van der Waals surface area contributed by atoms with Crippen LogP contribution in [0.1, 0.15) is 116 Å². The number of likely N-dealkylation sites (tertiary alicyclic amines) is 1. The molecule has 9 atom stereocenters. The zero-order chi connectivity index (χ0) is 37.3. The van der Waals surface area contributed by atoms with Gasteiger partial charge in [0.1, 0.15) is 18.8 Å². The van der Waals surface area contributed by atoms with Crippen LogP contribution in [0.2, 0.25) is 0 Å². The Labute approximate surface area is 314 Å². The molecule has 3 saturated heterocycles. The van der Waals surface area contributed by atoms with Gasteiger partial charge in [0, 0.05) is 31.5 Å². The van der Waals surface area contributed by atoms with E-state index in [1.54, 1.807) is 0 Å². The Balaban J connectivity index is 1.42. The molecule has 3 heterocycles. The second-order valence-corrected chi connectivity index (χ2v) is 17.2. The molecule has 4 aliphatic carbocycles. The van der Waals surface area contributed by atoms with Crippen LogP contribution in [0.4, 0.5) is 4.79 Å². The van der Waals surface area contributed by atoms with E-state index in [4.69, 9.17) is 19.9 Å². The number of aliphatic hydroxyl groups is 2. The Bertz CT molecular complexity index is 1410. The third kappa shape index (κ3) is 6.91. The Morgan fingerprint density at radius 1 is 0.906 bits per heavy atom. The normalized spacial score (nSPS) is 39.6. The standard InChI is InChI=1S/C41H61N3O9/c1-51-22-23-52-40(50)43-31-20-15-25(10-8-9-21-45)24-30(31)41(39(43)49)32(37(42)47)34-38(48)53-35(27-13-6-3-7-14-27)33(26-11-4-2-5-12-26)44(34)36(41)28-16-18-29(46)19-17-28/h25-36,45-46H,2-7,9,11-24H2,1H3,(H2,42,47)/t25?,28?,29?,30?,31?,32-,33-,34-,35+,36+,41-/m0/s1. The summed E-state index contributed by atoms with van der Waals surface area (Å²) < 4.78 is 17.5. The number of primary amides is 1. The number of methoxy groups -OCH3 is 1. The fourth-order valence-electron chi connectivity index (χ4n) is 12.5.